The van der Waals surface area contributed by atoms with Crippen molar-refractivity contribution in [3.05, 3.63) is 81.4 Å². The molecule has 6 rings (SSSR count). The fourth-order valence-corrected chi connectivity index (χ4v) is 6.00. The lowest BCUT2D eigenvalue weighted by atomic mass is 10.1. The standard InChI is InChI=1S/C30H32Cl2N6O2/c31-23-13-9-21(10-14-23)25(39)19-37-27-7-3-1-5-17-35(27)29(33-37)30-34-38(28-8-4-2-6-18-36(28)30)20-26(40)22-11-15-24(32)16-12-22/h9-16H,1-8,17-20H2/q+2. The van der Waals surface area contributed by atoms with Gasteiger partial charge in [0.1, 0.15) is 0 Å². The Kier molecular flexibility index (Phi) is 7.80. The second kappa shape index (κ2) is 11.6. The van der Waals surface area contributed by atoms with Crippen LogP contribution in [0, 0.1) is 0 Å². The van der Waals surface area contributed by atoms with Crippen LogP contribution in [-0.2, 0) is 39.0 Å². The van der Waals surface area contributed by atoms with Gasteiger partial charge in [0.15, 0.2) is 24.7 Å². The quantitative estimate of drug-likeness (QED) is 0.232. The molecule has 40 heavy (non-hydrogen) atoms. The van der Waals surface area contributed by atoms with Crippen molar-refractivity contribution >= 4 is 34.8 Å². The van der Waals surface area contributed by atoms with Crippen LogP contribution in [0.1, 0.15) is 70.9 Å². The predicted octanol–water partition coefficient (Wildman–Crippen LogP) is 4.85. The summed E-state index contributed by atoms with van der Waals surface area (Å²) in [7, 11) is 0. The molecule has 0 atom stereocenters. The molecule has 2 aromatic carbocycles. The van der Waals surface area contributed by atoms with E-state index in [-0.39, 0.29) is 24.7 Å². The number of hydrogen-bond acceptors (Lipinski definition) is 4. The molecule has 0 saturated heterocycles. The number of benzene rings is 2. The number of rotatable bonds is 7. The van der Waals surface area contributed by atoms with Crippen LogP contribution in [0.25, 0.3) is 11.6 Å². The van der Waals surface area contributed by atoms with Crippen molar-refractivity contribution in [1.29, 1.82) is 0 Å². The van der Waals surface area contributed by atoms with E-state index in [1.54, 1.807) is 48.5 Å². The van der Waals surface area contributed by atoms with Gasteiger partial charge in [-0.15, -0.1) is 9.36 Å². The highest BCUT2D eigenvalue weighted by Crippen LogP contribution is 2.20. The van der Waals surface area contributed by atoms with E-state index in [0.717, 1.165) is 87.8 Å². The third kappa shape index (κ3) is 5.47. The van der Waals surface area contributed by atoms with Crippen LogP contribution in [0.3, 0.4) is 0 Å². The molecule has 0 spiro atoms. The summed E-state index contributed by atoms with van der Waals surface area (Å²) in [5, 5.41) is 11.2. The highest BCUT2D eigenvalue weighted by Gasteiger charge is 2.39. The zero-order chi connectivity index (χ0) is 27.6. The van der Waals surface area contributed by atoms with Gasteiger partial charge in [0.05, 0.1) is 23.3 Å². The summed E-state index contributed by atoms with van der Waals surface area (Å²) in [5.41, 5.74) is 1.23. The van der Waals surface area contributed by atoms with E-state index in [1.807, 2.05) is 9.36 Å². The maximum absolute atomic E-state index is 13.2. The summed E-state index contributed by atoms with van der Waals surface area (Å²) in [4.78, 5) is 26.4. The first-order valence-electron chi connectivity index (χ1n) is 14.0. The minimum atomic E-state index is -0.0102. The summed E-state index contributed by atoms with van der Waals surface area (Å²) >= 11 is 12.1. The molecule has 8 nitrogen and oxygen atoms in total. The van der Waals surface area contributed by atoms with Crippen molar-refractivity contribution in [2.24, 2.45) is 0 Å². The van der Waals surface area contributed by atoms with Gasteiger partial charge < -0.3 is 0 Å². The van der Waals surface area contributed by atoms with Gasteiger partial charge in [-0.2, -0.15) is 0 Å². The van der Waals surface area contributed by atoms with Crippen molar-refractivity contribution < 1.29 is 18.7 Å². The molecule has 0 saturated carbocycles. The SMILES string of the molecule is O=C(Cn1nc(-c2nn(CC(=O)c3ccc(Cl)cc3)c3[n+]2CCCCC3)[n+]2c1CCCCC2)c1ccc(Cl)cc1. The molecule has 0 fully saturated rings. The van der Waals surface area contributed by atoms with Gasteiger partial charge in [-0.05, 0) is 87.1 Å². The molecule has 0 aliphatic carbocycles. The smallest absolute Gasteiger partial charge is 0.290 e. The van der Waals surface area contributed by atoms with Crippen LogP contribution >= 0.6 is 23.2 Å². The summed E-state index contributed by atoms with van der Waals surface area (Å²) < 4.78 is 8.21. The van der Waals surface area contributed by atoms with Gasteiger partial charge >= 0.3 is 11.6 Å². The third-order valence-electron chi connectivity index (χ3n) is 7.84. The predicted molar refractivity (Wildman–Crippen MR) is 151 cm³/mol. The zero-order valence-electron chi connectivity index (χ0n) is 22.4. The topological polar surface area (TPSA) is 77.5 Å². The highest BCUT2D eigenvalue weighted by atomic mass is 35.5. The molecule has 2 aromatic heterocycles. The van der Waals surface area contributed by atoms with E-state index in [2.05, 4.69) is 9.13 Å². The first-order valence-corrected chi connectivity index (χ1v) is 14.8. The Bertz CT molecular complexity index is 1440. The Morgan fingerprint density at radius 1 is 0.625 bits per heavy atom. The second-order valence-electron chi connectivity index (χ2n) is 10.6. The van der Waals surface area contributed by atoms with Crippen molar-refractivity contribution in [3.63, 3.8) is 0 Å². The number of carbonyl (C=O) groups is 2. The molecule has 0 unspecified atom stereocenters. The largest absolute Gasteiger partial charge is 0.382 e. The van der Waals surface area contributed by atoms with Crippen LogP contribution in [0.15, 0.2) is 48.5 Å². The summed E-state index contributed by atoms with van der Waals surface area (Å²) in [5.74, 6) is 3.60. The molecule has 206 valence electrons. The van der Waals surface area contributed by atoms with Gasteiger partial charge in [0.2, 0.25) is 11.6 Å². The van der Waals surface area contributed by atoms with E-state index < -0.39 is 0 Å². The molecule has 4 heterocycles. The molecule has 0 radical (unpaired) electrons. The molecule has 0 bridgehead atoms. The number of Topliss-reactive ketones (excluding diaryl/α,β-unsaturated/α-hetero) is 2. The second-order valence-corrected chi connectivity index (χ2v) is 11.5. The Hall–Kier alpha value is -3.36. The van der Waals surface area contributed by atoms with Gasteiger partial charge in [-0.3, -0.25) is 9.59 Å². The average molecular weight is 580 g/mol. The van der Waals surface area contributed by atoms with Crippen molar-refractivity contribution in [3.8, 4) is 11.6 Å². The molecular formula is C30H32Cl2N6O2+2. The molecule has 2 aliphatic heterocycles. The molecular weight excluding hydrogens is 547 g/mol. The summed E-state index contributed by atoms with van der Waals surface area (Å²) in [6, 6.07) is 14.0. The number of aromatic nitrogens is 6. The average Bonchev–Trinajstić information content (AvgIpc) is 3.21. The van der Waals surface area contributed by atoms with Crippen LogP contribution in [-0.4, -0.2) is 31.1 Å². The molecule has 4 aromatic rings. The van der Waals surface area contributed by atoms with E-state index in [9.17, 15) is 9.59 Å². The first-order chi connectivity index (χ1) is 19.5. The number of fused-ring (bicyclic) bond motifs is 2. The van der Waals surface area contributed by atoms with Gasteiger partial charge in [0, 0.05) is 34.0 Å². The number of carbonyl (C=O) groups excluding carboxylic acids is 2. The van der Waals surface area contributed by atoms with Crippen LogP contribution in [0.4, 0.5) is 0 Å². The summed E-state index contributed by atoms with van der Waals surface area (Å²) in [6.45, 7) is 1.95. The molecule has 2 aliphatic rings. The number of halogens is 2. The van der Waals surface area contributed by atoms with Crippen LogP contribution in [0.5, 0.6) is 0 Å². The summed E-state index contributed by atoms with van der Waals surface area (Å²) in [6.07, 6.45) is 8.15. The van der Waals surface area contributed by atoms with Crippen molar-refractivity contribution in [2.75, 3.05) is 0 Å². The van der Waals surface area contributed by atoms with E-state index >= 15 is 0 Å². The monoisotopic (exact) mass is 578 g/mol. The minimum Gasteiger partial charge on any atom is -0.290 e. The maximum Gasteiger partial charge on any atom is 0.382 e. The Morgan fingerprint density at radius 2 is 1.02 bits per heavy atom. The van der Waals surface area contributed by atoms with Gasteiger partial charge in [0.25, 0.3) is 0 Å². The number of nitrogens with zero attached hydrogens (tertiary/aromatic N) is 6. The zero-order valence-corrected chi connectivity index (χ0v) is 23.9. The van der Waals surface area contributed by atoms with Crippen LogP contribution in [0.2, 0.25) is 10.0 Å². The minimum absolute atomic E-state index is 0.0102. The third-order valence-corrected chi connectivity index (χ3v) is 8.35. The molecule has 0 amide bonds. The first kappa shape index (κ1) is 26.8. The Labute approximate surface area is 243 Å². The van der Waals surface area contributed by atoms with Gasteiger partial charge in [-0.1, -0.05) is 23.2 Å². The fraction of sp³-hybridized carbons (Fsp3) is 0.400. The lowest BCUT2D eigenvalue weighted by Crippen LogP contribution is -2.44. The lowest BCUT2D eigenvalue weighted by molar-refractivity contribution is -0.721. The van der Waals surface area contributed by atoms with Crippen molar-refractivity contribution in [1.82, 2.24) is 19.6 Å². The maximum atomic E-state index is 13.2. The van der Waals surface area contributed by atoms with Crippen molar-refractivity contribution in [2.45, 2.75) is 77.5 Å². The van der Waals surface area contributed by atoms with E-state index in [4.69, 9.17) is 33.4 Å². The fourth-order valence-electron chi connectivity index (χ4n) is 5.74. The van der Waals surface area contributed by atoms with E-state index in [1.165, 1.54) is 0 Å². The molecule has 0 N–H and O–H groups in total. The Balaban J connectivity index is 1.39. The lowest BCUT2D eigenvalue weighted by Gasteiger charge is -2.02. The normalized spacial score (nSPS) is 15.2. The number of ketones is 2. The molecule has 10 heteroatoms. The Morgan fingerprint density at radius 3 is 1.43 bits per heavy atom. The van der Waals surface area contributed by atoms with E-state index in [0.29, 0.717) is 21.2 Å². The van der Waals surface area contributed by atoms with Gasteiger partial charge in [-0.25, -0.2) is 9.13 Å². The number of hydrogen-bond donors (Lipinski definition) is 0. The highest BCUT2D eigenvalue weighted by molar-refractivity contribution is 6.31. The van der Waals surface area contributed by atoms with Crippen LogP contribution < -0.4 is 9.13 Å².